The van der Waals surface area contributed by atoms with Crippen molar-refractivity contribution in [3.63, 3.8) is 0 Å². The van der Waals surface area contributed by atoms with Gasteiger partial charge in [-0.05, 0) is 19.1 Å². The zero-order valence-electron chi connectivity index (χ0n) is 14.2. The van der Waals surface area contributed by atoms with E-state index in [0.717, 1.165) is 0 Å². The molecule has 9 nitrogen and oxygen atoms in total. The summed E-state index contributed by atoms with van der Waals surface area (Å²) < 4.78 is 10.4. The molecule has 0 spiro atoms. The van der Waals surface area contributed by atoms with Crippen LogP contribution in [0.25, 0.3) is 0 Å². The van der Waals surface area contributed by atoms with Gasteiger partial charge in [0.15, 0.2) is 0 Å². The molecule has 1 aromatic rings. The van der Waals surface area contributed by atoms with Crippen LogP contribution in [0.15, 0.2) is 24.3 Å². The summed E-state index contributed by atoms with van der Waals surface area (Å²) >= 11 is 0. The number of ether oxygens (including phenoxy) is 2. The van der Waals surface area contributed by atoms with Gasteiger partial charge in [0.2, 0.25) is 0 Å². The first-order chi connectivity index (χ1) is 12.0. The molecule has 0 aliphatic carbocycles. The van der Waals surface area contributed by atoms with Gasteiger partial charge in [0.25, 0.3) is 5.69 Å². The lowest BCUT2D eigenvalue weighted by Gasteiger charge is -2.34. The molecule has 1 aliphatic heterocycles. The fourth-order valence-corrected chi connectivity index (χ4v) is 2.54. The van der Waals surface area contributed by atoms with E-state index in [9.17, 15) is 20.0 Å². The van der Waals surface area contributed by atoms with E-state index in [1.54, 1.807) is 11.8 Å². The summed E-state index contributed by atoms with van der Waals surface area (Å²) in [5, 5.41) is 20.7. The fraction of sp³-hybridized carbons (Fsp3) is 0.562. The monoisotopic (exact) mass is 353 g/mol. The third kappa shape index (κ3) is 5.87. The molecular formula is C16H23N3O6. The summed E-state index contributed by atoms with van der Waals surface area (Å²) in [7, 11) is 0. The molecule has 9 heteroatoms. The Kier molecular flexibility index (Phi) is 6.96. The molecule has 1 fully saturated rings. The van der Waals surface area contributed by atoms with Gasteiger partial charge < -0.3 is 19.5 Å². The van der Waals surface area contributed by atoms with E-state index in [4.69, 9.17) is 9.47 Å². The van der Waals surface area contributed by atoms with Crippen LogP contribution in [0.2, 0.25) is 0 Å². The zero-order chi connectivity index (χ0) is 18.2. The molecule has 1 amide bonds. The number of nitro benzene ring substituents is 1. The van der Waals surface area contributed by atoms with Crippen LogP contribution in [0, 0.1) is 10.1 Å². The molecule has 138 valence electrons. The lowest BCUT2D eigenvalue weighted by molar-refractivity contribution is -0.384. The minimum Gasteiger partial charge on any atom is -0.491 e. The van der Waals surface area contributed by atoms with Crippen molar-refractivity contribution in [2.45, 2.75) is 13.0 Å². The molecule has 1 aliphatic rings. The lowest BCUT2D eigenvalue weighted by Crippen LogP contribution is -2.51. The highest BCUT2D eigenvalue weighted by Gasteiger charge is 2.23. The maximum Gasteiger partial charge on any atom is 0.409 e. The maximum absolute atomic E-state index is 11.6. The van der Waals surface area contributed by atoms with E-state index in [-0.39, 0.29) is 18.4 Å². The van der Waals surface area contributed by atoms with Crippen molar-refractivity contribution >= 4 is 11.8 Å². The Balaban J connectivity index is 1.69. The second-order valence-electron chi connectivity index (χ2n) is 5.70. The lowest BCUT2D eigenvalue weighted by atomic mass is 10.2. The molecule has 1 N–H and O–H groups in total. The third-order valence-electron chi connectivity index (χ3n) is 3.86. The number of β-amino-alcohol motifs (C(OH)–C–C–N with tert-alkyl or cyclic N) is 1. The van der Waals surface area contributed by atoms with Crippen LogP contribution in [0.1, 0.15) is 6.92 Å². The van der Waals surface area contributed by atoms with Gasteiger partial charge >= 0.3 is 6.09 Å². The molecule has 0 saturated carbocycles. The van der Waals surface area contributed by atoms with E-state index in [2.05, 4.69) is 4.90 Å². The minimum absolute atomic E-state index is 0.00707. The Morgan fingerprint density at radius 3 is 2.48 bits per heavy atom. The number of amides is 1. The van der Waals surface area contributed by atoms with Crippen molar-refractivity contribution in [3.8, 4) is 5.75 Å². The Morgan fingerprint density at radius 2 is 1.92 bits per heavy atom. The van der Waals surface area contributed by atoms with Gasteiger partial charge in [0.1, 0.15) is 18.5 Å². The second-order valence-corrected chi connectivity index (χ2v) is 5.70. The van der Waals surface area contributed by atoms with Gasteiger partial charge in [-0.2, -0.15) is 0 Å². The van der Waals surface area contributed by atoms with Gasteiger partial charge in [-0.3, -0.25) is 15.0 Å². The van der Waals surface area contributed by atoms with E-state index in [1.165, 1.54) is 24.3 Å². The SMILES string of the molecule is CCOC(=O)N1CCN(C[C@H](O)COc2ccc([N+](=O)[O-])cc2)CC1. The number of nitro groups is 1. The molecular weight excluding hydrogens is 330 g/mol. The fourth-order valence-electron chi connectivity index (χ4n) is 2.54. The number of aliphatic hydroxyl groups is 1. The van der Waals surface area contributed by atoms with Crippen molar-refractivity contribution in [3.05, 3.63) is 34.4 Å². The highest BCUT2D eigenvalue weighted by atomic mass is 16.6. The average molecular weight is 353 g/mol. The summed E-state index contributed by atoms with van der Waals surface area (Å²) in [6.45, 7) is 5.11. The first-order valence-corrected chi connectivity index (χ1v) is 8.19. The standard InChI is InChI=1S/C16H23N3O6/c1-2-24-16(21)18-9-7-17(8-10-18)11-14(20)12-25-15-5-3-13(4-6-15)19(22)23/h3-6,14,20H,2,7-12H2,1H3/t14-/m0/s1. The number of non-ortho nitro benzene ring substituents is 1. The van der Waals surface area contributed by atoms with E-state index in [1.807, 2.05) is 0 Å². The van der Waals surface area contributed by atoms with Crippen LogP contribution >= 0.6 is 0 Å². The average Bonchev–Trinajstić information content (AvgIpc) is 2.61. The first kappa shape index (κ1) is 18.9. The van der Waals surface area contributed by atoms with Crippen LogP contribution in [0.4, 0.5) is 10.5 Å². The predicted octanol–water partition coefficient (Wildman–Crippen LogP) is 1.11. The summed E-state index contributed by atoms with van der Waals surface area (Å²) in [5.74, 6) is 0.469. The van der Waals surface area contributed by atoms with Gasteiger partial charge in [-0.1, -0.05) is 0 Å². The normalized spacial score (nSPS) is 16.3. The number of benzene rings is 1. The molecule has 1 atom stereocenters. The van der Waals surface area contributed by atoms with Crippen molar-refractivity contribution in [2.24, 2.45) is 0 Å². The predicted molar refractivity (Wildman–Crippen MR) is 89.6 cm³/mol. The largest absolute Gasteiger partial charge is 0.491 e. The molecule has 0 bridgehead atoms. The Labute approximate surface area is 145 Å². The number of carbonyl (C=O) groups excluding carboxylic acids is 1. The van der Waals surface area contributed by atoms with E-state index in [0.29, 0.717) is 45.1 Å². The molecule has 0 radical (unpaired) electrons. The highest BCUT2D eigenvalue weighted by Crippen LogP contribution is 2.17. The molecule has 1 saturated heterocycles. The number of nitrogens with zero attached hydrogens (tertiary/aromatic N) is 3. The maximum atomic E-state index is 11.6. The van der Waals surface area contributed by atoms with Gasteiger partial charge in [0, 0.05) is 44.9 Å². The number of rotatable bonds is 7. The van der Waals surface area contributed by atoms with Crippen LogP contribution in [0.5, 0.6) is 5.75 Å². The van der Waals surface area contributed by atoms with E-state index < -0.39 is 11.0 Å². The first-order valence-electron chi connectivity index (χ1n) is 8.19. The van der Waals surface area contributed by atoms with Gasteiger partial charge in [-0.25, -0.2) is 4.79 Å². The number of hydrogen-bond acceptors (Lipinski definition) is 7. The Morgan fingerprint density at radius 1 is 1.28 bits per heavy atom. The molecule has 0 aromatic heterocycles. The summed E-state index contributed by atoms with van der Waals surface area (Å²) in [4.78, 5) is 25.4. The van der Waals surface area contributed by atoms with Crippen LogP contribution in [0.3, 0.4) is 0 Å². The highest BCUT2D eigenvalue weighted by molar-refractivity contribution is 5.67. The molecule has 2 rings (SSSR count). The third-order valence-corrected chi connectivity index (χ3v) is 3.86. The van der Waals surface area contributed by atoms with Crippen molar-refractivity contribution in [1.29, 1.82) is 0 Å². The topological polar surface area (TPSA) is 105 Å². The quantitative estimate of drug-likeness (QED) is 0.578. The van der Waals surface area contributed by atoms with Gasteiger partial charge in [-0.15, -0.1) is 0 Å². The summed E-state index contributed by atoms with van der Waals surface area (Å²) in [6, 6.07) is 5.72. The Bertz CT molecular complexity index is 572. The van der Waals surface area contributed by atoms with Crippen LogP contribution in [-0.4, -0.2) is 78.0 Å². The van der Waals surface area contributed by atoms with Gasteiger partial charge in [0.05, 0.1) is 11.5 Å². The zero-order valence-corrected chi connectivity index (χ0v) is 14.2. The van der Waals surface area contributed by atoms with Crippen LogP contribution < -0.4 is 4.74 Å². The number of piperazine rings is 1. The number of hydrogen-bond donors (Lipinski definition) is 1. The van der Waals surface area contributed by atoms with Crippen molar-refractivity contribution < 1.29 is 24.3 Å². The summed E-state index contributed by atoms with van der Waals surface area (Å²) in [5.41, 5.74) is -0.00707. The molecule has 25 heavy (non-hydrogen) atoms. The Hall–Kier alpha value is -2.39. The van der Waals surface area contributed by atoms with Crippen LogP contribution in [-0.2, 0) is 4.74 Å². The van der Waals surface area contributed by atoms with Crippen molar-refractivity contribution in [1.82, 2.24) is 9.80 Å². The smallest absolute Gasteiger partial charge is 0.409 e. The second kappa shape index (κ2) is 9.19. The minimum atomic E-state index is -0.690. The van der Waals surface area contributed by atoms with Crippen molar-refractivity contribution in [2.75, 3.05) is 45.9 Å². The summed E-state index contributed by atoms with van der Waals surface area (Å²) in [6.07, 6.45) is -0.992. The number of carbonyl (C=O) groups is 1. The molecule has 1 aromatic carbocycles. The van der Waals surface area contributed by atoms with E-state index >= 15 is 0 Å². The molecule has 0 unspecified atom stereocenters. The molecule has 1 heterocycles. The number of aliphatic hydroxyl groups excluding tert-OH is 1.